The minimum absolute atomic E-state index is 0.0596. The molecule has 3 aromatic rings. The highest BCUT2D eigenvalue weighted by Crippen LogP contribution is 2.33. The number of carbonyl (C=O) groups is 1. The van der Waals surface area contributed by atoms with Gasteiger partial charge in [-0.2, -0.15) is 0 Å². The Hall–Kier alpha value is -3.51. The molecule has 0 atom stereocenters. The van der Waals surface area contributed by atoms with Crippen molar-refractivity contribution in [2.45, 2.75) is 56.5 Å². The molecule has 5 rings (SSSR count). The Labute approximate surface area is 219 Å². The number of nitro benzene ring substituents is 1. The summed E-state index contributed by atoms with van der Waals surface area (Å²) in [7, 11) is 0. The molecule has 2 aliphatic rings. The van der Waals surface area contributed by atoms with E-state index in [1.54, 1.807) is 12.1 Å². The van der Waals surface area contributed by atoms with Gasteiger partial charge in [-0.05, 0) is 55.3 Å². The number of non-ortho nitro benzene ring substituents is 1. The highest BCUT2D eigenvalue weighted by molar-refractivity contribution is 5.80. The van der Waals surface area contributed by atoms with Gasteiger partial charge >= 0.3 is 0 Å². The van der Waals surface area contributed by atoms with Crippen LogP contribution < -0.4 is 0 Å². The van der Waals surface area contributed by atoms with Gasteiger partial charge in [-0.3, -0.25) is 14.9 Å². The number of amides is 1. The average molecular weight is 498 g/mol. The maximum atomic E-state index is 13.3. The van der Waals surface area contributed by atoms with Crippen molar-refractivity contribution in [2.24, 2.45) is 0 Å². The SMILES string of the molecule is O=C(Cc1ccc([N+](=O)[O-])cc1)N(C1CC1)C1CCN(CCC(c2ccccc2)c2ccccc2)CC1. The van der Waals surface area contributed by atoms with E-state index in [1.807, 2.05) is 0 Å². The van der Waals surface area contributed by atoms with Crippen LogP contribution in [0.4, 0.5) is 5.69 Å². The van der Waals surface area contributed by atoms with Crippen molar-refractivity contribution in [2.75, 3.05) is 19.6 Å². The number of rotatable bonds is 10. The first-order valence-corrected chi connectivity index (χ1v) is 13.5. The Morgan fingerprint density at radius 2 is 1.38 bits per heavy atom. The Morgan fingerprint density at radius 1 is 0.838 bits per heavy atom. The van der Waals surface area contributed by atoms with Gasteiger partial charge in [0.2, 0.25) is 5.91 Å². The van der Waals surface area contributed by atoms with Gasteiger partial charge in [0.1, 0.15) is 0 Å². The molecular weight excluding hydrogens is 462 g/mol. The summed E-state index contributed by atoms with van der Waals surface area (Å²) in [6.45, 7) is 3.06. The summed E-state index contributed by atoms with van der Waals surface area (Å²) in [5.74, 6) is 0.536. The predicted molar refractivity (Wildman–Crippen MR) is 145 cm³/mol. The van der Waals surface area contributed by atoms with Crippen LogP contribution in [0.3, 0.4) is 0 Å². The van der Waals surface area contributed by atoms with Crippen molar-refractivity contribution < 1.29 is 9.72 Å². The van der Waals surface area contributed by atoms with Crippen molar-refractivity contribution >= 4 is 11.6 Å². The zero-order chi connectivity index (χ0) is 25.6. The largest absolute Gasteiger partial charge is 0.336 e. The van der Waals surface area contributed by atoms with Gasteiger partial charge in [0.15, 0.2) is 0 Å². The molecule has 0 aromatic heterocycles. The molecule has 0 radical (unpaired) electrons. The van der Waals surface area contributed by atoms with Crippen LogP contribution in [0.2, 0.25) is 0 Å². The van der Waals surface area contributed by atoms with Crippen LogP contribution in [0.25, 0.3) is 0 Å². The van der Waals surface area contributed by atoms with E-state index >= 15 is 0 Å². The van der Waals surface area contributed by atoms with Crippen molar-refractivity contribution in [1.82, 2.24) is 9.80 Å². The molecule has 6 heteroatoms. The fourth-order valence-electron chi connectivity index (χ4n) is 5.69. The van der Waals surface area contributed by atoms with Crippen LogP contribution in [0.1, 0.15) is 54.7 Å². The smallest absolute Gasteiger partial charge is 0.269 e. The van der Waals surface area contributed by atoms with Gasteiger partial charge in [0.25, 0.3) is 5.69 Å². The summed E-state index contributed by atoms with van der Waals surface area (Å²) in [4.78, 5) is 28.5. The first kappa shape index (κ1) is 25.2. The van der Waals surface area contributed by atoms with Crippen molar-refractivity contribution in [3.8, 4) is 0 Å². The third-order valence-corrected chi connectivity index (χ3v) is 7.82. The molecule has 6 nitrogen and oxygen atoms in total. The van der Waals surface area contributed by atoms with Gasteiger partial charge in [-0.1, -0.05) is 72.8 Å². The number of nitro groups is 1. The van der Waals surface area contributed by atoms with E-state index in [0.717, 1.165) is 57.3 Å². The second-order valence-corrected chi connectivity index (χ2v) is 10.4. The molecule has 37 heavy (non-hydrogen) atoms. The number of carbonyl (C=O) groups excluding carboxylic acids is 1. The lowest BCUT2D eigenvalue weighted by Crippen LogP contribution is -2.49. The van der Waals surface area contributed by atoms with Gasteiger partial charge in [-0.25, -0.2) is 0 Å². The second kappa shape index (κ2) is 11.7. The van der Waals surface area contributed by atoms with Crippen LogP contribution in [-0.4, -0.2) is 52.3 Å². The number of benzene rings is 3. The summed E-state index contributed by atoms with van der Waals surface area (Å²) in [5, 5.41) is 10.9. The Morgan fingerprint density at radius 3 is 1.89 bits per heavy atom. The van der Waals surface area contributed by atoms with Gasteiger partial charge in [0, 0.05) is 43.2 Å². The van der Waals surface area contributed by atoms with Crippen molar-refractivity contribution in [1.29, 1.82) is 0 Å². The molecule has 1 aliphatic heterocycles. The third-order valence-electron chi connectivity index (χ3n) is 7.82. The molecule has 0 unspecified atom stereocenters. The molecule has 1 heterocycles. The summed E-state index contributed by atoms with van der Waals surface area (Å²) >= 11 is 0. The van der Waals surface area contributed by atoms with Crippen LogP contribution in [0.15, 0.2) is 84.9 Å². The van der Waals surface area contributed by atoms with Crippen LogP contribution >= 0.6 is 0 Å². The van der Waals surface area contributed by atoms with Crippen LogP contribution in [-0.2, 0) is 11.2 Å². The Kier molecular flexibility index (Phi) is 7.95. The highest BCUT2D eigenvalue weighted by Gasteiger charge is 2.38. The fraction of sp³-hybridized carbons (Fsp3) is 0.387. The van der Waals surface area contributed by atoms with E-state index in [9.17, 15) is 14.9 Å². The molecule has 0 spiro atoms. The standard InChI is InChI=1S/C31H35N3O3/c35-31(23-24-11-13-29(14-12-24)34(36)37)33(27-15-16-27)28-17-20-32(21-18-28)22-19-30(25-7-3-1-4-8-25)26-9-5-2-6-10-26/h1-14,27-28,30H,15-23H2. The minimum atomic E-state index is -0.405. The summed E-state index contributed by atoms with van der Waals surface area (Å²) in [6.07, 6.45) is 5.56. The van der Waals surface area contributed by atoms with E-state index in [-0.39, 0.29) is 17.6 Å². The lowest BCUT2D eigenvalue weighted by atomic mass is 9.88. The highest BCUT2D eigenvalue weighted by atomic mass is 16.6. The van der Waals surface area contributed by atoms with Crippen molar-refractivity contribution in [3.63, 3.8) is 0 Å². The van der Waals surface area contributed by atoms with Crippen molar-refractivity contribution in [3.05, 3.63) is 112 Å². The minimum Gasteiger partial charge on any atom is -0.336 e. The Bertz CT molecular complexity index is 1130. The van der Waals surface area contributed by atoms with Gasteiger partial charge in [-0.15, -0.1) is 0 Å². The molecule has 0 bridgehead atoms. The van der Waals surface area contributed by atoms with Crippen LogP contribution in [0, 0.1) is 10.1 Å². The number of hydrogen-bond donors (Lipinski definition) is 0. The van der Waals surface area contributed by atoms with E-state index < -0.39 is 4.92 Å². The summed E-state index contributed by atoms with van der Waals surface area (Å²) in [5.41, 5.74) is 3.62. The lowest BCUT2D eigenvalue weighted by Gasteiger charge is -2.39. The second-order valence-electron chi connectivity index (χ2n) is 10.4. The maximum Gasteiger partial charge on any atom is 0.269 e. The zero-order valence-corrected chi connectivity index (χ0v) is 21.2. The first-order valence-electron chi connectivity index (χ1n) is 13.5. The third kappa shape index (κ3) is 6.44. The average Bonchev–Trinajstić information content (AvgIpc) is 3.76. The molecule has 0 N–H and O–H groups in total. The number of nitrogens with zero attached hydrogens (tertiary/aromatic N) is 3. The predicted octanol–water partition coefficient (Wildman–Crippen LogP) is 5.81. The zero-order valence-electron chi connectivity index (χ0n) is 21.2. The van der Waals surface area contributed by atoms with E-state index in [1.165, 1.54) is 23.3 Å². The fourth-order valence-corrected chi connectivity index (χ4v) is 5.69. The van der Waals surface area contributed by atoms with Crippen LogP contribution in [0.5, 0.6) is 0 Å². The van der Waals surface area contributed by atoms with E-state index in [2.05, 4.69) is 70.5 Å². The molecule has 3 aromatic carbocycles. The summed E-state index contributed by atoms with van der Waals surface area (Å²) in [6, 6.07) is 28.6. The van der Waals surface area contributed by atoms with Gasteiger partial charge < -0.3 is 9.80 Å². The topological polar surface area (TPSA) is 66.7 Å². The molecule has 2 fully saturated rings. The molecule has 1 amide bonds. The quantitative estimate of drug-likeness (QED) is 0.262. The number of hydrogen-bond acceptors (Lipinski definition) is 4. The van der Waals surface area contributed by atoms with E-state index in [0.29, 0.717) is 18.4 Å². The number of likely N-dealkylation sites (tertiary alicyclic amines) is 1. The molecule has 192 valence electrons. The lowest BCUT2D eigenvalue weighted by molar-refractivity contribution is -0.384. The monoisotopic (exact) mass is 497 g/mol. The molecular formula is C31H35N3O3. The Balaban J connectivity index is 1.17. The maximum absolute atomic E-state index is 13.3. The normalized spacial score (nSPS) is 16.6. The number of piperidine rings is 1. The molecule has 1 aliphatic carbocycles. The molecule has 1 saturated heterocycles. The molecule has 1 saturated carbocycles. The van der Waals surface area contributed by atoms with E-state index in [4.69, 9.17) is 0 Å². The van der Waals surface area contributed by atoms with Gasteiger partial charge in [0.05, 0.1) is 11.3 Å². The first-order chi connectivity index (χ1) is 18.1. The summed E-state index contributed by atoms with van der Waals surface area (Å²) < 4.78 is 0.